The van der Waals surface area contributed by atoms with E-state index in [1.165, 1.54) is 49.0 Å². The van der Waals surface area contributed by atoms with Gasteiger partial charge < -0.3 is 10.2 Å². The number of sulfonamides is 1. The first-order valence-electron chi connectivity index (χ1n) is 14.4. The predicted molar refractivity (Wildman–Crippen MR) is 161 cm³/mol. The van der Waals surface area contributed by atoms with E-state index in [0.29, 0.717) is 12.2 Å². The van der Waals surface area contributed by atoms with Gasteiger partial charge in [0.05, 0.1) is 11.9 Å². The number of hydrogen-bond donors (Lipinski definition) is 1. The summed E-state index contributed by atoms with van der Waals surface area (Å²) in [6, 6.07) is 14.6. The van der Waals surface area contributed by atoms with Gasteiger partial charge in [0.15, 0.2) is 0 Å². The predicted octanol–water partition coefficient (Wildman–Crippen LogP) is 5.24. The molecule has 2 aromatic rings. The van der Waals surface area contributed by atoms with Crippen LogP contribution in [-0.4, -0.2) is 50.5 Å². The van der Waals surface area contributed by atoms with Gasteiger partial charge in [0.1, 0.15) is 12.6 Å². The lowest BCUT2D eigenvalue weighted by Crippen LogP contribution is -2.51. The van der Waals surface area contributed by atoms with Gasteiger partial charge in [-0.05, 0) is 111 Å². The zero-order valence-electron chi connectivity index (χ0n) is 23.6. The molecular formula is C31H40BrN3O4S. The number of halogens is 1. The van der Waals surface area contributed by atoms with Gasteiger partial charge in [0.2, 0.25) is 21.8 Å². The molecule has 6 rings (SSSR count). The van der Waals surface area contributed by atoms with Crippen LogP contribution in [0.25, 0.3) is 0 Å². The van der Waals surface area contributed by atoms with Crippen LogP contribution in [0.15, 0.2) is 53.0 Å². The maximum absolute atomic E-state index is 13.7. The highest BCUT2D eigenvalue weighted by atomic mass is 79.9. The summed E-state index contributed by atoms with van der Waals surface area (Å²) in [5.74, 6) is 1.74. The Balaban J connectivity index is 1.39. The summed E-state index contributed by atoms with van der Waals surface area (Å²) in [6.07, 6.45) is 8.92. The van der Waals surface area contributed by atoms with Crippen molar-refractivity contribution in [1.82, 2.24) is 10.2 Å². The standard InChI is InChI=1S/C31H40BrN3O4S/c1-4-33-30(37)21(2)34(19-22-6-5-7-27(32)15-22)29(36)20-35(40(3,38)39)28-10-8-26(9-11-28)31-16-23-12-24(17-31)14-25(13-23)18-31/h5-11,15,21,23-25H,4,12-14,16-20H2,1-3H3,(H,33,37). The Kier molecular flexibility index (Phi) is 8.35. The average molecular weight is 631 g/mol. The molecule has 1 atom stereocenters. The first-order valence-corrected chi connectivity index (χ1v) is 17.0. The Labute approximate surface area is 246 Å². The highest BCUT2D eigenvalue weighted by molar-refractivity contribution is 9.10. The summed E-state index contributed by atoms with van der Waals surface area (Å²) in [6.45, 7) is 3.73. The summed E-state index contributed by atoms with van der Waals surface area (Å²) in [4.78, 5) is 27.9. The molecule has 4 bridgehead atoms. The third-order valence-electron chi connectivity index (χ3n) is 9.25. The molecule has 40 heavy (non-hydrogen) atoms. The number of nitrogens with zero attached hydrogens (tertiary/aromatic N) is 2. The number of rotatable bonds is 10. The van der Waals surface area contributed by atoms with E-state index in [4.69, 9.17) is 0 Å². The number of hydrogen-bond acceptors (Lipinski definition) is 4. The molecule has 2 amide bonds. The van der Waals surface area contributed by atoms with Crippen molar-refractivity contribution >= 4 is 43.5 Å². The minimum Gasteiger partial charge on any atom is -0.355 e. The molecule has 0 heterocycles. The maximum Gasteiger partial charge on any atom is 0.244 e. The smallest absolute Gasteiger partial charge is 0.244 e. The van der Waals surface area contributed by atoms with E-state index < -0.39 is 22.0 Å². The van der Waals surface area contributed by atoms with Crippen molar-refractivity contribution in [3.05, 3.63) is 64.1 Å². The molecule has 4 saturated carbocycles. The number of carbonyl (C=O) groups is 2. The normalized spacial score (nSPS) is 25.9. The first kappa shape index (κ1) is 29.1. The largest absolute Gasteiger partial charge is 0.355 e. The van der Waals surface area contributed by atoms with Crippen molar-refractivity contribution < 1.29 is 18.0 Å². The van der Waals surface area contributed by atoms with Gasteiger partial charge in [0.25, 0.3) is 0 Å². The van der Waals surface area contributed by atoms with Gasteiger partial charge in [-0.2, -0.15) is 0 Å². The first-order chi connectivity index (χ1) is 19.0. The van der Waals surface area contributed by atoms with Crippen LogP contribution in [0, 0.1) is 17.8 Å². The summed E-state index contributed by atoms with van der Waals surface area (Å²) in [5, 5.41) is 2.78. The van der Waals surface area contributed by atoms with Gasteiger partial charge in [-0.3, -0.25) is 13.9 Å². The average Bonchev–Trinajstić information content (AvgIpc) is 2.89. The van der Waals surface area contributed by atoms with Crippen LogP contribution in [0.4, 0.5) is 5.69 Å². The summed E-state index contributed by atoms with van der Waals surface area (Å²) in [7, 11) is -3.76. The second-order valence-electron chi connectivity index (χ2n) is 12.2. The van der Waals surface area contributed by atoms with Crippen LogP contribution in [0.5, 0.6) is 0 Å². The molecule has 0 spiro atoms. The van der Waals surface area contributed by atoms with Crippen LogP contribution >= 0.6 is 15.9 Å². The quantitative estimate of drug-likeness (QED) is 0.390. The van der Waals surface area contributed by atoms with Crippen molar-refractivity contribution in [2.45, 2.75) is 70.4 Å². The molecule has 4 aliphatic carbocycles. The minimum absolute atomic E-state index is 0.180. The molecule has 4 fully saturated rings. The van der Waals surface area contributed by atoms with Crippen molar-refractivity contribution in [3.63, 3.8) is 0 Å². The maximum atomic E-state index is 13.7. The van der Waals surface area contributed by atoms with Crippen LogP contribution in [0.1, 0.15) is 63.5 Å². The minimum atomic E-state index is -3.76. The van der Waals surface area contributed by atoms with Gasteiger partial charge in [0, 0.05) is 17.6 Å². The van der Waals surface area contributed by atoms with Crippen LogP contribution in [-0.2, 0) is 31.6 Å². The lowest BCUT2D eigenvalue weighted by Gasteiger charge is -2.57. The molecule has 1 N–H and O–H groups in total. The van der Waals surface area contributed by atoms with Gasteiger partial charge in [-0.15, -0.1) is 0 Å². The fourth-order valence-electron chi connectivity index (χ4n) is 7.80. The number of nitrogens with one attached hydrogen (secondary N) is 1. The van der Waals surface area contributed by atoms with E-state index in [1.54, 1.807) is 6.92 Å². The molecule has 0 aliphatic heterocycles. The molecular weight excluding hydrogens is 590 g/mol. The van der Waals surface area contributed by atoms with E-state index >= 15 is 0 Å². The highest BCUT2D eigenvalue weighted by Crippen LogP contribution is 2.60. The summed E-state index contributed by atoms with van der Waals surface area (Å²) < 4.78 is 28.0. The van der Waals surface area contributed by atoms with Crippen molar-refractivity contribution in [2.24, 2.45) is 17.8 Å². The third-order valence-corrected chi connectivity index (χ3v) is 10.9. The highest BCUT2D eigenvalue weighted by Gasteiger charge is 2.51. The molecule has 0 aromatic heterocycles. The number of amides is 2. The van der Waals surface area contributed by atoms with E-state index in [-0.39, 0.29) is 24.4 Å². The van der Waals surface area contributed by atoms with Crippen LogP contribution in [0.2, 0.25) is 0 Å². The number of anilines is 1. The molecule has 0 radical (unpaired) electrons. The lowest BCUT2D eigenvalue weighted by molar-refractivity contribution is -0.139. The summed E-state index contributed by atoms with van der Waals surface area (Å²) in [5.41, 5.74) is 2.82. The molecule has 7 nitrogen and oxygen atoms in total. The Hall–Kier alpha value is -2.39. The van der Waals surface area contributed by atoms with Gasteiger partial charge in [-0.1, -0.05) is 40.2 Å². The zero-order valence-corrected chi connectivity index (χ0v) is 26.0. The Bertz CT molecular complexity index is 1330. The lowest BCUT2D eigenvalue weighted by atomic mass is 9.48. The van der Waals surface area contributed by atoms with Crippen LogP contribution < -0.4 is 9.62 Å². The third kappa shape index (κ3) is 6.10. The number of carbonyl (C=O) groups excluding carboxylic acids is 2. The van der Waals surface area contributed by atoms with E-state index in [0.717, 1.165) is 38.4 Å². The van der Waals surface area contributed by atoms with Crippen LogP contribution in [0.3, 0.4) is 0 Å². The molecule has 4 aliphatic rings. The summed E-state index contributed by atoms with van der Waals surface area (Å²) >= 11 is 3.46. The fourth-order valence-corrected chi connectivity index (χ4v) is 9.09. The number of benzene rings is 2. The van der Waals surface area contributed by atoms with Crippen molar-refractivity contribution in [3.8, 4) is 0 Å². The SMILES string of the molecule is CCNC(=O)C(C)N(Cc1cccc(Br)c1)C(=O)CN(c1ccc(C23CC4CC(CC(C4)C2)C3)cc1)S(C)(=O)=O. The Morgan fingerprint density at radius 1 is 1.02 bits per heavy atom. The molecule has 9 heteroatoms. The molecule has 0 saturated heterocycles. The van der Waals surface area contributed by atoms with E-state index in [1.807, 2.05) is 43.3 Å². The monoisotopic (exact) mass is 629 g/mol. The topological polar surface area (TPSA) is 86.8 Å². The molecule has 1 unspecified atom stereocenters. The zero-order chi connectivity index (χ0) is 28.7. The second-order valence-corrected chi connectivity index (χ2v) is 15.1. The molecule has 216 valence electrons. The number of likely N-dealkylation sites (N-methyl/N-ethyl adjacent to an activating group) is 1. The van der Waals surface area contributed by atoms with Gasteiger partial charge >= 0.3 is 0 Å². The van der Waals surface area contributed by atoms with E-state index in [2.05, 4.69) is 33.4 Å². The molecule has 2 aromatic carbocycles. The Morgan fingerprint density at radius 2 is 1.62 bits per heavy atom. The fraction of sp³-hybridized carbons (Fsp3) is 0.548. The van der Waals surface area contributed by atoms with Crippen molar-refractivity contribution in [2.75, 3.05) is 23.7 Å². The van der Waals surface area contributed by atoms with Crippen molar-refractivity contribution in [1.29, 1.82) is 0 Å². The van der Waals surface area contributed by atoms with Gasteiger partial charge in [-0.25, -0.2) is 8.42 Å². The van der Waals surface area contributed by atoms with E-state index in [9.17, 15) is 18.0 Å². The second kappa shape index (κ2) is 11.5. The Morgan fingerprint density at radius 3 is 2.15 bits per heavy atom.